The first-order chi connectivity index (χ1) is 5.33. The fraction of sp³-hybridized carbons (Fsp3) is 0.111. The van der Waals surface area contributed by atoms with E-state index in [1.54, 1.807) is 18.2 Å². The Hall–Kier alpha value is -1.31. The number of halogens is 1. The summed E-state index contributed by atoms with van der Waals surface area (Å²) in [5.74, 6) is 0. The third-order valence-corrected chi connectivity index (χ3v) is 1.31. The van der Waals surface area contributed by atoms with Crippen LogP contribution in [0.2, 0.25) is 0 Å². The lowest BCUT2D eigenvalue weighted by molar-refractivity contribution is 0.563. The number of nitrogens with two attached hydrogens (primary N) is 1. The Morgan fingerprint density at radius 2 is 2.27 bits per heavy atom. The zero-order chi connectivity index (χ0) is 8.10. The first-order valence-corrected chi connectivity index (χ1v) is 3.41. The molecule has 0 radical (unpaired) electrons. The summed E-state index contributed by atoms with van der Waals surface area (Å²) < 4.78 is 11.7. The van der Waals surface area contributed by atoms with Gasteiger partial charge in [-0.15, -0.1) is 0 Å². The number of nitrogen functional groups attached to an aromatic ring is 1. The summed E-state index contributed by atoms with van der Waals surface area (Å²) in [7, 11) is 0. The SMILES string of the molecule is Nc1cccc(/C=C\CF)c1. The Labute approximate surface area is 65.3 Å². The number of anilines is 1. The van der Waals surface area contributed by atoms with Gasteiger partial charge in [0.15, 0.2) is 0 Å². The van der Waals surface area contributed by atoms with Crippen molar-refractivity contribution < 1.29 is 4.39 Å². The number of rotatable bonds is 2. The van der Waals surface area contributed by atoms with Crippen LogP contribution in [0.25, 0.3) is 6.08 Å². The lowest BCUT2D eigenvalue weighted by Gasteiger charge is -1.93. The minimum atomic E-state index is -0.436. The molecule has 2 N–H and O–H groups in total. The van der Waals surface area contributed by atoms with Crippen LogP contribution < -0.4 is 5.73 Å². The molecule has 0 bridgehead atoms. The van der Waals surface area contributed by atoms with Gasteiger partial charge in [0, 0.05) is 5.69 Å². The van der Waals surface area contributed by atoms with Crippen molar-refractivity contribution >= 4 is 11.8 Å². The second-order valence-electron chi connectivity index (χ2n) is 2.23. The normalized spacial score (nSPS) is 10.6. The average molecular weight is 151 g/mol. The summed E-state index contributed by atoms with van der Waals surface area (Å²) >= 11 is 0. The van der Waals surface area contributed by atoms with E-state index in [9.17, 15) is 4.39 Å². The summed E-state index contributed by atoms with van der Waals surface area (Å²) in [5.41, 5.74) is 7.14. The van der Waals surface area contributed by atoms with Crippen LogP contribution in [0, 0.1) is 0 Å². The van der Waals surface area contributed by atoms with Crippen molar-refractivity contribution in [1.82, 2.24) is 0 Å². The molecule has 1 rings (SSSR count). The number of benzene rings is 1. The van der Waals surface area contributed by atoms with Crippen LogP contribution >= 0.6 is 0 Å². The highest BCUT2D eigenvalue weighted by molar-refractivity contribution is 5.55. The fourth-order valence-electron chi connectivity index (χ4n) is 0.843. The molecule has 2 heteroatoms. The van der Waals surface area contributed by atoms with Crippen LogP contribution in [0.5, 0.6) is 0 Å². The molecule has 58 valence electrons. The number of alkyl halides is 1. The van der Waals surface area contributed by atoms with Crippen molar-refractivity contribution in [2.45, 2.75) is 0 Å². The van der Waals surface area contributed by atoms with Gasteiger partial charge in [-0.3, -0.25) is 0 Å². The second-order valence-corrected chi connectivity index (χ2v) is 2.23. The lowest BCUT2D eigenvalue weighted by atomic mass is 10.2. The van der Waals surface area contributed by atoms with Gasteiger partial charge >= 0.3 is 0 Å². The van der Waals surface area contributed by atoms with E-state index in [0.717, 1.165) is 5.56 Å². The molecule has 0 aromatic heterocycles. The summed E-state index contributed by atoms with van der Waals surface area (Å²) in [6.45, 7) is -0.436. The van der Waals surface area contributed by atoms with Gasteiger partial charge in [-0.05, 0) is 17.7 Å². The van der Waals surface area contributed by atoms with E-state index in [0.29, 0.717) is 5.69 Å². The van der Waals surface area contributed by atoms with Crippen LogP contribution in [-0.4, -0.2) is 6.67 Å². The number of allylic oxidation sites excluding steroid dienone is 1. The minimum absolute atomic E-state index is 0.436. The van der Waals surface area contributed by atoms with E-state index in [2.05, 4.69) is 0 Å². The highest BCUT2D eigenvalue weighted by Crippen LogP contribution is 2.07. The summed E-state index contributed by atoms with van der Waals surface area (Å²) in [4.78, 5) is 0. The summed E-state index contributed by atoms with van der Waals surface area (Å²) in [6, 6.07) is 7.31. The van der Waals surface area contributed by atoms with Gasteiger partial charge in [0.1, 0.15) is 6.67 Å². The second kappa shape index (κ2) is 3.76. The van der Waals surface area contributed by atoms with Crippen molar-refractivity contribution in [3.05, 3.63) is 35.9 Å². The van der Waals surface area contributed by atoms with Crippen LogP contribution in [0.15, 0.2) is 30.3 Å². The van der Waals surface area contributed by atoms with Crippen LogP contribution in [-0.2, 0) is 0 Å². The molecule has 0 aliphatic carbocycles. The summed E-state index contributed by atoms with van der Waals surface area (Å²) in [5, 5.41) is 0. The van der Waals surface area contributed by atoms with Crippen LogP contribution in [0.4, 0.5) is 10.1 Å². The molecule has 0 saturated heterocycles. The van der Waals surface area contributed by atoms with Gasteiger partial charge in [0.05, 0.1) is 0 Å². The van der Waals surface area contributed by atoms with Crippen molar-refractivity contribution in [2.24, 2.45) is 0 Å². The molecule has 11 heavy (non-hydrogen) atoms. The van der Waals surface area contributed by atoms with Crippen molar-refractivity contribution in [1.29, 1.82) is 0 Å². The average Bonchev–Trinajstić information content (AvgIpc) is 2.01. The van der Waals surface area contributed by atoms with Gasteiger partial charge in [0.25, 0.3) is 0 Å². The molecular formula is C9H10FN. The van der Waals surface area contributed by atoms with Crippen LogP contribution in [0.1, 0.15) is 5.56 Å². The molecule has 1 nitrogen and oxygen atoms in total. The monoisotopic (exact) mass is 151 g/mol. The molecule has 0 fully saturated rings. The number of hydrogen-bond acceptors (Lipinski definition) is 1. The molecule has 1 aromatic carbocycles. The zero-order valence-electron chi connectivity index (χ0n) is 6.13. The molecule has 0 saturated carbocycles. The third kappa shape index (κ3) is 2.42. The van der Waals surface area contributed by atoms with Gasteiger partial charge in [-0.1, -0.05) is 24.3 Å². The van der Waals surface area contributed by atoms with Gasteiger partial charge in [0.2, 0.25) is 0 Å². The molecule has 0 aliphatic heterocycles. The standard InChI is InChI=1S/C9H10FN/c10-6-2-4-8-3-1-5-9(11)7-8/h1-5,7H,6,11H2/b4-2-. The fourth-order valence-corrected chi connectivity index (χ4v) is 0.843. The first kappa shape index (κ1) is 7.79. The Morgan fingerprint density at radius 3 is 2.91 bits per heavy atom. The lowest BCUT2D eigenvalue weighted by Crippen LogP contribution is -1.83. The van der Waals surface area contributed by atoms with Gasteiger partial charge < -0.3 is 5.73 Å². The molecule has 0 spiro atoms. The van der Waals surface area contributed by atoms with Gasteiger partial charge in [-0.2, -0.15) is 0 Å². The summed E-state index contributed by atoms with van der Waals surface area (Å²) in [6.07, 6.45) is 3.16. The van der Waals surface area contributed by atoms with E-state index in [1.807, 2.05) is 12.1 Å². The van der Waals surface area contributed by atoms with E-state index < -0.39 is 6.67 Å². The molecule has 0 aliphatic rings. The topological polar surface area (TPSA) is 26.0 Å². The maximum atomic E-state index is 11.7. The predicted octanol–water partition coefficient (Wildman–Crippen LogP) is 2.25. The molecular weight excluding hydrogens is 141 g/mol. The van der Waals surface area contributed by atoms with Crippen molar-refractivity contribution in [3.8, 4) is 0 Å². The highest BCUT2D eigenvalue weighted by atomic mass is 19.1. The largest absolute Gasteiger partial charge is 0.399 e. The van der Waals surface area contributed by atoms with Crippen LogP contribution in [0.3, 0.4) is 0 Å². The van der Waals surface area contributed by atoms with Gasteiger partial charge in [-0.25, -0.2) is 4.39 Å². The highest BCUT2D eigenvalue weighted by Gasteiger charge is 1.85. The maximum Gasteiger partial charge on any atom is 0.108 e. The van der Waals surface area contributed by atoms with Crippen molar-refractivity contribution in [2.75, 3.05) is 12.4 Å². The van der Waals surface area contributed by atoms with E-state index >= 15 is 0 Å². The number of hydrogen-bond donors (Lipinski definition) is 1. The Morgan fingerprint density at radius 1 is 1.45 bits per heavy atom. The predicted molar refractivity (Wildman–Crippen MR) is 45.9 cm³/mol. The molecule has 0 heterocycles. The molecule has 1 aromatic rings. The third-order valence-electron chi connectivity index (χ3n) is 1.31. The molecule has 0 amide bonds. The smallest absolute Gasteiger partial charge is 0.108 e. The Balaban J connectivity index is 2.79. The molecule has 0 unspecified atom stereocenters. The van der Waals surface area contributed by atoms with Crippen molar-refractivity contribution in [3.63, 3.8) is 0 Å². The van der Waals surface area contributed by atoms with E-state index in [1.165, 1.54) is 6.08 Å². The first-order valence-electron chi connectivity index (χ1n) is 3.41. The van der Waals surface area contributed by atoms with E-state index in [4.69, 9.17) is 5.73 Å². The molecule has 0 atom stereocenters. The zero-order valence-corrected chi connectivity index (χ0v) is 6.13. The maximum absolute atomic E-state index is 11.7. The quantitative estimate of drug-likeness (QED) is 0.644. The Bertz CT molecular complexity index is 255. The minimum Gasteiger partial charge on any atom is -0.399 e. The Kier molecular flexibility index (Phi) is 2.66. The van der Waals surface area contributed by atoms with E-state index in [-0.39, 0.29) is 0 Å².